The van der Waals surface area contributed by atoms with E-state index in [0.29, 0.717) is 6.04 Å². The van der Waals surface area contributed by atoms with E-state index >= 15 is 0 Å². The molecule has 1 fully saturated rings. The van der Waals surface area contributed by atoms with Crippen molar-refractivity contribution in [2.45, 2.75) is 18.9 Å². The molecule has 0 radical (unpaired) electrons. The van der Waals surface area contributed by atoms with E-state index in [2.05, 4.69) is 48.8 Å². The van der Waals surface area contributed by atoms with Gasteiger partial charge in [0.15, 0.2) is 5.82 Å². The molecule has 0 aliphatic carbocycles. The van der Waals surface area contributed by atoms with Gasteiger partial charge in [-0.1, -0.05) is 24.3 Å². The Morgan fingerprint density at radius 1 is 0.889 bits per heavy atom. The van der Waals surface area contributed by atoms with Crippen molar-refractivity contribution in [2.24, 2.45) is 0 Å². The summed E-state index contributed by atoms with van der Waals surface area (Å²) in [5.41, 5.74) is 1.90. The summed E-state index contributed by atoms with van der Waals surface area (Å²) < 4.78 is 2.26. The zero-order valence-electron chi connectivity index (χ0n) is 14.9. The molecule has 1 aliphatic heterocycles. The summed E-state index contributed by atoms with van der Waals surface area (Å²) >= 11 is 0. The summed E-state index contributed by atoms with van der Waals surface area (Å²) in [4.78, 5) is 20.5. The minimum Gasteiger partial charge on any atom is -0.339 e. The van der Waals surface area contributed by atoms with Crippen LogP contribution in [-0.2, 0) is 0 Å². The van der Waals surface area contributed by atoms with E-state index in [1.54, 1.807) is 12.4 Å². The first-order valence-electron chi connectivity index (χ1n) is 9.29. The number of fused-ring (bicyclic) bond motifs is 1. The average molecular weight is 356 g/mol. The van der Waals surface area contributed by atoms with Crippen molar-refractivity contribution >= 4 is 16.9 Å². The third-order valence-corrected chi connectivity index (χ3v) is 5.12. The Kier molecular flexibility index (Phi) is 4.01. The highest BCUT2D eigenvalue weighted by Crippen LogP contribution is 2.28. The highest BCUT2D eigenvalue weighted by molar-refractivity contribution is 5.80. The van der Waals surface area contributed by atoms with Crippen molar-refractivity contribution in [3.63, 3.8) is 0 Å². The van der Waals surface area contributed by atoms with Gasteiger partial charge < -0.3 is 9.47 Å². The van der Waals surface area contributed by atoms with Crippen LogP contribution in [0, 0.1) is 0 Å². The van der Waals surface area contributed by atoms with Crippen LogP contribution in [0.25, 0.3) is 22.4 Å². The van der Waals surface area contributed by atoms with Gasteiger partial charge in [0.05, 0.1) is 11.6 Å². The van der Waals surface area contributed by atoms with Crippen LogP contribution in [0.3, 0.4) is 0 Å². The molecule has 4 aromatic rings. The second-order valence-corrected chi connectivity index (χ2v) is 6.84. The number of benzene rings is 1. The van der Waals surface area contributed by atoms with Gasteiger partial charge in [0.2, 0.25) is 5.95 Å². The normalized spacial score (nSPS) is 17.3. The lowest BCUT2D eigenvalue weighted by molar-refractivity contribution is 0.404. The molecule has 1 saturated heterocycles. The first kappa shape index (κ1) is 15.9. The number of piperidine rings is 1. The van der Waals surface area contributed by atoms with Crippen LogP contribution < -0.4 is 4.90 Å². The average Bonchev–Trinajstić information content (AvgIpc) is 3.24. The Balaban J connectivity index is 1.47. The highest BCUT2D eigenvalue weighted by atomic mass is 15.3. The molecular formula is C21H20N6. The lowest BCUT2D eigenvalue weighted by Crippen LogP contribution is -2.37. The smallest absolute Gasteiger partial charge is 0.225 e. The quantitative estimate of drug-likeness (QED) is 0.560. The van der Waals surface area contributed by atoms with Crippen molar-refractivity contribution in [1.82, 2.24) is 24.5 Å². The summed E-state index contributed by atoms with van der Waals surface area (Å²) in [6, 6.07) is 14.5. The first-order chi connectivity index (χ1) is 13.4. The first-order valence-corrected chi connectivity index (χ1v) is 9.29. The summed E-state index contributed by atoms with van der Waals surface area (Å²) in [5.74, 6) is 1.72. The largest absolute Gasteiger partial charge is 0.339 e. The molecular weight excluding hydrogens is 336 g/mol. The maximum absolute atomic E-state index is 4.83. The Bertz CT molecular complexity index is 1060. The van der Waals surface area contributed by atoms with Crippen molar-refractivity contribution in [3.05, 3.63) is 67.3 Å². The number of hydrogen-bond donors (Lipinski definition) is 0. The standard InChI is InChI=1S/C21H20N6/c1-2-7-18-16(5-1)8-9-19(25-18)20-22-12-14-27(20)17-6-3-13-26(15-17)21-23-10-4-11-24-21/h1-2,4-5,7-12,14,17H,3,6,13,15H2. The molecule has 4 heterocycles. The molecule has 1 aromatic carbocycles. The number of aromatic nitrogens is 5. The lowest BCUT2D eigenvalue weighted by Gasteiger charge is -2.34. The second kappa shape index (κ2) is 6.79. The number of anilines is 1. The minimum absolute atomic E-state index is 0.327. The molecule has 134 valence electrons. The fourth-order valence-corrected chi connectivity index (χ4v) is 3.81. The van der Waals surface area contributed by atoms with Crippen molar-refractivity contribution in [1.29, 1.82) is 0 Å². The number of pyridine rings is 1. The van der Waals surface area contributed by atoms with Gasteiger partial charge in [-0.15, -0.1) is 0 Å². The van der Waals surface area contributed by atoms with Crippen molar-refractivity contribution < 1.29 is 0 Å². The molecule has 27 heavy (non-hydrogen) atoms. The Morgan fingerprint density at radius 2 is 1.78 bits per heavy atom. The second-order valence-electron chi connectivity index (χ2n) is 6.84. The fraction of sp³-hybridized carbons (Fsp3) is 0.238. The number of hydrogen-bond acceptors (Lipinski definition) is 5. The molecule has 0 N–H and O–H groups in total. The molecule has 0 amide bonds. The van der Waals surface area contributed by atoms with Gasteiger partial charge in [0.25, 0.3) is 0 Å². The highest BCUT2D eigenvalue weighted by Gasteiger charge is 2.25. The topological polar surface area (TPSA) is 59.7 Å². The van der Waals surface area contributed by atoms with Crippen LogP contribution in [0.5, 0.6) is 0 Å². The van der Waals surface area contributed by atoms with Gasteiger partial charge in [-0.05, 0) is 31.0 Å². The minimum atomic E-state index is 0.327. The molecule has 0 spiro atoms. The monoisotopic (exact) mass is 356 g/mol. The molecule has 3 aromatic heterocycles. The van der Waals surface area contributed by atoms with Crippen LogP contribution in [0.15, 0.2) is 67.3 Å². The van der Waals surface area contributed by atoms with E-state index in [1.807, 2.05) is 30.5 Å². The van der Waals surface area contributed by atoms with Crippen LogP contribution in [0.2, 0.25) is 0 Å². The van der Waals surface area contributed by atoms with Gasteiger partial charge in [-0.25, -0.2) is 19.9 Å². The van der Waals surface area contributed by atoms with Crippen molar-refractivity contribution in [3.8, 4) is 11.5 Å². The molecule has 1 unspecified atom stereocenters. The predicted octanol–water partition coefficient (Wildman–Crippen LogP) is 3.73. The van der Waals surface area contributed by atoms with E-state index in [1.165, 1.54) is 0 Å². The van der Waals surface area contributed by atoms with Gasteiger partial charge >= 0.3 is 0 Å². The summed E-state index contributed by atoms with van der Waals surface area (Å²) in [6.45, 7) is 1.86. The van der Waals surface area contributed by atoms with Gasteiger partial charge in [0, 0.05) is 43.3 Å². The lowest BCUT2D eigenvalue weighted by atomic mass is 10.1. The van der Waals surface area contributed by atoms with Crippen LogP contribution >= 0.6 is 0 Å². The molecule has 0 saturated carbocycles. The molecule has 1 aliphatic rings. The molecule has 0 bridgehead atoms. The van der Waals surface area contributed by atoms with Gasteiger partial charge in [-0.2, -0.15) is 0 Å². The number of para-hydroxylation sites is 1. The van der Waals surface area contributed by atoms with E-state index in [0.717, 1.165) is 54.3 Å². The third-order valence-electron chi connectivity index (χ3n) is 5.12. The molecule has 5 rings (SSSR count). The molecule has 6 nitrogen and oxygen atoms in total. The number of imidazole rings is 1. The fourth-order valence-electron chi connectivity index (χ4n) is 3.81. The maximum Gasteiger partial charge on any atom is 0.225 e. The van der Waals surface area contributed by atoms with Gasteiger partial charge in [-0.3, -0.25) is 0 Å². The summed E-state index contributed by atoms with van der Waals surface area (Å²) in [6.07, 6.45) is 9.74. The molecule has 6 heteroatoms. The Labute approximate surface area is 157 Å². The third kappa shape index (κ3) is 3.03. The number of rotatable bonds is 3. The Hall–Kier alpha value is -3.28. The zero-order valence-corrected chi connectivity index (χ0v) is 14.9. The maximum atomic E-state index is 4.83. The SMILES string of the molecule is c1cnc(N2CCCC(n3ccnc3-c3ccc4ccccc4n3)C2)nc1. The molecule has 1 atom stereocenters. The van der Waals surface area contributed by atoms with Crippen LogP contribution in [0.4, 0.5) is 5.95 Å². The summed E-state index contributed by atoms with van der Waals surface area (Å²) in [7, 11) is 0. The van der Waals surface area contributed by atoms with Crippen LogP contribution in [0.1, 0.15) is 18.9 Å². The van der Waals surface area contributed by atoms with E-state index < -0.39 is 0 Å². The Morgan fingerprint density at radius 3 is 2.70 bits per heavy atom. The van der Waals surface area contributed by atoms with Crippen LogP contribution in [-0.4, -0.2) is 37.6 Å². The van der Waals surface area contributed by atoms with Crippen molar-refractivity contribution in [2.75, 3.05) is 18.0 Å². The zero-order chi connectivity index (χ0) is 18.1. The number of nitrogens with zero attached hydrogens (tertiary/aromatic N) is 6. The van der Waals surface area contributed by atoms with Gasteiger partial charge in [0.1, 0.15) is 5.69 Å². The van der Waals surface area contributed by atoms with E-state index in [4.69, 9.17) is 4.98 Å². The predicted molar refractivity (Wildman–Crippen MR) is 105 cm³/mol. The summed E-state index contributed by atoms with van der Waals surface area (Å²) in [5, 5.41) is 1.14. The van der Waals surface area contributed by atoms with E-state index in [9.17, 15) is 0 Å². The van der Waals surface area contributed by atoms with E-state index in [-0.39, 0.29) is 0 Å².